The lowest BCUT2D eigenvalue weighted by molar-refractivity contribution is 0.0406. The molecule has 1 rings (SSSR count). The number of rotatable bonds is 3. The highest BCUT2D eigenvalue weighted by atomic mass is 16.3. The molecular weight excluding hydrogens is 156 g/mol. The van der Waals surface area contributed by atoms with E-state index in [1.807, 2.05) is 0 Å². The van der Waals surface area contributed by atoms with E-state index in [-0.39, 0.29) is 6.61 Å². The van der Waals surface area contributed by atoms with Crippen molar-refractivity contribution in [1.82, 2.24) is 10.2 Å². The Hall–Kier alpha value is -0.160. The highest BCUT2D eigenvalue weighted by molar-refractivity contribution is 4.77. The van der Waals surface area contributed by atoms with E-state index in [1.165, 1.54) is 0 Å². The van der Waals surface area contributed by atoms with Crippen LogP contribution in [0.15, 0.2) is 0 Å². The summed E-state index contributed by atoms with van der Waals surface area (Å²) in [7, 11) is 0. The molecule has 2 atom stereocenters. The molecule has 1 fully saturated rings. The van der Waals surface area contributed by atoms with Gasteiger partial charge in [0.25, 0.3) is 0 Å². The molecule has 1 heterocycles. The van der Waals surface area contributed by atoms with Crippen molar-refractivity contribution in [2.24, 2.45) is 0 Å². The average Bonchev–Trinajstić information content (AvgIpc) is 2.09. The Balaban J connectivity index is 2.28. The van der Waals surface area contributed by atoms with Crippen molar-refractivity contribution in [1.29, 1.82) is 0 Å². The molecule has 3 N–H and O–H groups in total. The van der Waals surface area contributed by atoms with Crippen molar-refractivity contribution in [3.63, 3.8) is 0 Å². The second-order valence-electron chi connectivity index (χ2n) is 3.38. The van der Waals surface area contributed by atoms with E-state index >= 15 is 0 Å². The first-order valence-electron chi connectivity index (χ1n) is 4.47. The van der Waals surface area contributed by atoms with E-state index in [4.69, 9.17) is 5.11 Å². The van der Waals surface area contributed by atoms with E-state index < -0.39 is 6.10 Å². The van der Waals surface area contributed by atoms with Crippen LogP contribution in [-0.2, 0) is 0 Å². The molecule has 0 amide bonds. The molecule has 0 aromatic heterocycles. The normalized spacial score (nSPS) is 28.8. The molecule has 4 heteroatoms. The van der Waals surface area contributed by atoms with Gasteiger partial charge in [-0.15, -0.1) is 0 Å². The third-order valence-electron chi connectivity index (χ3n) is 2.29. The molecule has 0 unspecified atom stereocenters. The van der Waals surface area contributed by atoms with Crippen LogP contribution < -0.4 is 5.32 Å². The molecule has 4 nitrogen and oxygen atoms in total. The van der Waals surface area contributed by atoms with Crippen LogP contribution in [0.3, 0.4) is 0 Å². The first kappa shape index (κ1) is 9.92. The topological polar surface area (TPSA) is 55.7 Å². The number of hydrogen-bond donors (Lipinski definition) is 3. The standard InChI is InChI=1S/C8H18N2O2/c1-7-4-9-2-3-10(7)5-8(12)6-11/h7-9,11-12H,2-6H2,1H3/t7-,8+/m1/s1. The predicted octanol–water partition coefficient (Wildman–Crippen LogP) is -1.37. The number of nitrogens with zero attached hydrogens (tertiary/aromatic N) is 1. The molecule has 1 saturated heterocycles. The summed E-state index contributed by atoms with van der Waals surface area (Å²) in [6, 6.07) is 0.458. The van der Waals surface area contributed by atoms with Crippen molar-refractivity contribution in [2.75, 3.05) is 32.8 Å². The number of β-amino-alcohol motifs (C(OH)–C–C–N with tert-alkyl or cyclic N) is 1. The van der Waals surface area contributed by atoms with Gasteiger partial charge in [-0.2, -0.15) is 0 Å². The predicted molar refractivity (Wildman–Crippen MR) is 47.0 cm³/mol. The molecule has 0 aromatic rings. The van der Waals surface area contributed by atoms with Gasteiger partial charge in [-0.1, -0.05) is 0 Å². The van der Waals surface area contributed by atoms with E-state index in [0.29, 0.717) is 12.6 Å². The van der Waals surface area contributed by atoms with E-state index in [9.17, 15) is 5.11 Å². The largest absolute Gasteiger partial charge is 0.394 e. The summed E-state index contributed by atoms with van der Waals surface area (Å²) < 4.78 is 0. The smallest absolute Gasteiger partial charge is 0.0897 e. The minimum atomic E-state index is -0.592. The Bertz CT molecular complexity index is 132. The van der Waals surface area contributed by atoms with Gasteiger partial charge in [-0.05, 0) is 6.92 Å². The highest BCUT2D eigenvalue weighted by Crippen LogP contribution is 2.02. The fourth-order valence-corrected chi connectivity index (χ4v) is 1.48. The number of aliphatic hydroxyl groups excluding tert-OH is 2. The zero-order valence-electron chi connectivity index (χ0n) is 7.53. The van der Waals surface area contributed by atoms with Gasteiger partial charge in [-0.3, -0.25) is 4.90 Å². The first-order chi connectivity index (χ1) is 5.74. The van der Waals surface area contributed by atoms with E-state index in [2.05, 4.69) is 17.1 Å². The fraction of sp³-hybridized carbons (Fsp3) is 1.00. The minimum absolute atomic E-state index is 0.142. The van der Waals surface area contributed by atoms with Crippen LogP contribution in [0.2, 0.25) is 0 Å². The van der Waals surface area contributed by atoms with Crippen LogP contribution >= 0.6 is 0 Å². The molecule has 0 radical (unpaired) electrons. The molecule has 72 valence electrons. The van der Waals surface area contributed by atoms with Gasteiger partial charge in [0.05, 0.1) is 12.7 Å². The molecule has 0 saturated carbocycles. The number of piperazine rings is 1. The summed E-state index contributed by atoms with van der Waals surface area (Å²) in [6.45, 7) is 5.46. The average molecular weight is 174 g/mol. The molecular formula is C8H18N2O2. The maximum absolute atomic E-state index is 9.22. The Morgan fingerprint density at radius 3 is 3.00 bits per heavy atom. The highest BCUT2D eigenvalue weighted by Gasteiger charge is 2.19. The van der Waals surface area contributed by atoms with Crippen molar-refractivity contribution in [3.05, 3.63) is 0 Å². The van der Waals surface area contributed by atoms with Crippen molar-refractivity contribution >= 4 is 0 Å². The zero-order chi connectivity index (χ0) is 8.97. The lowest BCUT2D eigenvalue weighted by atomic mass is 10.2. The summed E-state index contributed by atoms with van der Waals surface area (Å²) in [5.74, 6) is 0. The van der Waals surface area contributed by atoms with Gasteiger partial charge < -0.3 is 15.5 Å². The quantitative estimate of drug-likeness (QED) is 0.494. The Kier molecular flexibility index (Phi) is 3.94. The van der Waals surface area contributed by atoms with Crippen LogP contribution in [0, 0.1) is 0 Å². The Morgan fingerprint density at radius 1 is 1.67 bits per heavy atom. The SMILES string of the molecule is C[C@@H]1CNCCN1C[C@H](O)CO. The van der Waals surface area contributed by atoms with Gasteiger partial charge >= 0.3 is 0 Å². The fourth-order valence-electron chi connectivity index (χ4n) is 1.48. The van der Waals surface area contributed by atoms with E-state index in [0.717, 1.165) is 19.6 Å². The monoisotopic (exact) mass is 174 g/mol. The van der Waals surface area contributed by atoms with Crippen molar-refractivity contribution in [3.8, 4) is 0 Å². The zero-order valence-corrected chi connectivity index (χ0v) is 7.53. The van der Waals surface area contributed by atoms with Gasteiger partial charge in [0.2, 0.25) is 0 Å². The number of nitrogens with one attached hydrogen (secondary N) is 1. The maximum Gasteiger partial charge on any atom is 0.0897 e. The third kappa shape index (κ3) is 2.71. The summed E-state index contributed by atoms with van der Waals surface area (Å²) >= 11 is 0. The third-order valence-corrected chi connectivity index (χ3v) is 2.29. The van der Waals surface area contributed by atoms with E-state index in [1.54, 1.807) is 0 Å². The Morgan fingerprint density at radius 2 is 2.42 bits per heavy atom. The summed E-state index contributed by atoms with van der Waals surface area (Å²) in [5, 5.41) is 21.1. The van der Waals surface area contributed by atoms with Gasteiger partial charge in [0.1, 0.15) is 0 Å². The summed E-state index contributed by atoms with van der Waals surface area (Å²) in [6.07, 6.45) is -0.592. The maximum atomic E-state index is 9.22. The van der Waals surface area contributed by atoms with Crippen LogP contribution in [-0.4, -0.2) is 60.0 Å². The van der Waals surface area contributed by atoms with Crippen LogP contribution in [0.25, 0.3) is 0 Å². The molecule has 1 aliphatic rings. The molecule has 1 aliphatic heterocycles. The lowest BCUT2D eigenvalue weighted by Gasteiger charge is -2.34. The van der Waals surface area contributed by atoms with Crippen LogP contribution in [0.4, 0.5) is 0 Å². The summed E-state index contributed by atoms with van der Waals surface area (Å²) in [5.41, 5.74) is 0. The van der Waals surface area contributed by atoms with Gasteiger partial charge in [0.15, 0.2) is 0 Å². The van der Waals surface area contributed by atoms with Gasteiger partial charge in [0, 0.05) is 32.2 Å². The van der Waals surface area contributed by atoms with Crippen molar-refractivity contribution in [2.45, 2.75) is 19.1 Å². The van der Waals surface area contributed by atoms with Gasteiger partial charge in [-0.25, -0.2) is 0 Å². The number of aliphatic hydroxyl groups is 2. The molecule has 0 spiro atoms. The summed E-state index contributed by atoms with van der Waals surface area (Å²) in [4.78, 5) is 2.19. The number of hydrogen-bond acceptors (Lipinski definition) is 4. The molecule has 0 bridgehead atoms. The minimum Gasteiger partial charge on any atom is -0.394 e. The molecule has 0 aliphatic carbocycles. The molecule has 0 aromatic carbocycles. The second-order valence-corrected chi connectivity index (χ2v) is 3.38. The van der Waals surface area contributed by atoms with Crippen molar-refractivity contribution < 1.29 is 10.2 Å². The molecule has 12 heavy (non-hydrogen) atoms. The second kappa shape index (κ2) is 4.77. The lowest BCUT2D eigenvalue weighted by Crippen LogP contribution is -2.52. The first-order valence-corrected chi connectivity index (χ1v) is 4.47. The van der Waals surface area contributed by atoms with Crippen LogP contribution in [0.5, 0.6) is 0 Å². The Labute approximate surface area is 73.2 Å². The van der Waals surface area contributed by atoms with Crippen LogP contribution in [0.1, 0.15) is 6.92 Å².